The molecule has 0 aromatic carbocycles. The van der Waals surface area contributed by atoms with E-state index in [1.807, 2.05) is 6.08 Å². The van der Waals surface area contributed by atoms with Gasteiger partial charge in [0, 0.05) is 5.92 Å². The average molecular weight is 401 g/mol. The molecule has 1 N–H and O–H groups in total. The third-order valence-corrected chi connectivity index (χ3v) is 14.9. The molecule has 0 spiro atoms. The van der Waals surface area contributed by atoms with Gasteiger partial charge in [-0.3, -0.25) is 0 Å². The summed E-state index contributed by atoms with van der Waals surface area (Å²) in [6.07, 6.45) is 8.08. The molecule has 0 aliphatic rings. The topological polar surface area (TPSA) is 38.7 Å². The van der Waals surface area contributed by atoms with Crippen LogP contribution in [0.4, 0.5) is 0 Å². The highest BCUT2D eigenvalue weighted by atomic mass is 28.4. The fourth-order valence-corrected chi connectivity index (χ4v) is 4.16. The molecule has 0 bridgehead atoms. The predicted octanol–water partition coefficient (Wildman–Crippen LogP) is 6.14. The van der Waals surface area contributed by atoms with Crippen LogP contribution in [-0.4, -0.2) is 41.1 Å². The van der Waals surface area contributed by atoms with E-state index in [0.29, 0.717) is 6.61 Å². The molecule has 0 aromatic heterocycles. The number of hydrogen-bond donors (Lipinski definition) is 1. The molecule has 26 heavy (non-hydrogen) atoms. The average Bonchev–Trinajstić information content (AvgIpc) is 2.45. The standard InChI is InChI=1S/C21H44O3Si2/c1-18(14-13-17-23-25(8,9)20(2,3)4)19(15-12-16-22)24-26(10,11)21(5,6)7/h12-15,18-19,22H,16-17H2,1-11H3/b14-13-,15-12+/t18-,19-/m0/s1. The van der Waals surface area contributed by atoms with E-state index >= 15 is 0 Å². The van der Waals surface area contributed by atoms with Gasteiger partial charge in [-0.05, 0) is 36.3 Å². The minimum absolute atomic E-state index is 0.0211. The van der Waals surface area contributed by atoms with Crippen molar-refractivity contribution in [2.75, 3.05) is 13.2 Å². The first kappa shape index (κ1) is 25.8. The summed E-state index contributed by atoms with van der Waals surface area (Å²) in [6, 6.07) is 0. The third kappa shape index (κ3) is 8.21. The second kappa shape index (κ2) is 9.83. The van der Waals surface area contributed by atoms with Gasteiger partial charge in [-0.1, -0.05) is 72.8 Å². The van der Waals surface area contributed by atoms with Crippen molar-refractivity contribution in [3.05, 3.63) is 24.3 Å². The Hall–Kier alpha value is -0.206. The Morgan fingerprint density at radius 2 is 1.35 bits per heavy atom. The van der Waals surface area contributed by atoms with Crippen LogP contribution in [0.15, 0.2) is 24.3 Å². The van der Waals surface area contributed by atoms with E-state index in [2.05, 4.69) is 86.8 Å². The molecule has 0 rings (SSSR count). The molecule has 154 valence electrons. The third-order valence-electron chi connectivity index (χ3n) is 5.97. The number of aliphatic hydroxyl groups is 1. The smallest absolute Gasteiger partial charge is 0.192 e. The van der Waals surface area contributed by atoms with E-state index in [9.17, 15) is 5.11 Å². The van der Waals surface area contributed by atoms with Crippen molar-refractivity contribution < 1.29 is 14.0 Å². The summed E-state index contributed by atoms with van der Waals surface area (Å²) in [7, 11) is -3.59. The Balaban J connectivity index is 5.00. The van der Waals surface area contributed by atoms with Gasteiger partial charge >= 0.3 is 0 Å². The van der Waals surface area contributed by atoms with Gasteiger partial charge in [-0.15, -0.1) is 0 Å². The van der Waals surface area contributed by atoms with E-state index in [1.165, 1.54) is 0 Å². The SMILES string of the molecule is C[C@@H](/C=C\CO[Si](C)(C)C(C)(C)C)[C@H](/C=C/CO)O[Si](C)(C)C(C)(C)C. The van der Waals surface area contributed by atoms with Crippen molar-refractivity contribution in [1.82, 2.24) is 0 Å². The molecular weight excluding hydrogens is 356 g/mol. The quantitative estimate of drug-likeness (QED) is 0.373. The van der Waals surface area contributed by atoms with Gasteiger partial charge in [-0.25, -0.2) is 0 Å². The van der Waals surface area contributed by atoms with Gasteiger partial charge in [0.05, 0.1) is 19.3 Å². The van der Waals surface area contributed by atoms with Gasteiger partial charge in [-0.2, -0.15) is 0 Å². The first-order valence-corrected chi connectivity index (χ1v) is 15.6. The Bertz CT molecular complexity index is 469. The van der Waals surface area contributed by atoms with Crippen molar-refractivity contribution in [3.63, 3.8) is 0 Å². The summed E-state index contributed by atoms with van der Waals surface area (Å²) < 4.78 is 12.8. The van der Waals surface area contributed by atoms with Crippen molar-refractivity contribution >= 4 is 16.6 Å². The lowest BCUT2D eigenvalue weighted by atomic mass is 10.0. The van der Waals surface area contributed by atoms with Gasteiger partial charge < -0.3 is 14.0 Å². The van der Waals surface area contributed by atoms with E-state index in [0.717, 1.165) is 0 Å². The first-order valence-electron chi connectivity index (χ1n) is 9.81. The Morgan fingerprint density at radius 3 is 1.77 bits per heavy atom. The van der Waals surface area contributed by atoms with E-state index in [4.69, 9.17) is 8.85 Å². The minimum Gasteiger partial charge on any atom is -0.413 e. The highest BCUT2D eigenvalue weighted by Gasteiger charge is 2.39. The van der Waals surface area contributed by atoms with Crippen molar-refractivity contribution in [1.29, 1.82) is 0 Å². The molecule has 0 aliphatic carbocycles. The molecule has 0 saturated carbocycles. The van der Waals surface area contributed by atoms with Gasteiger partial charge in [0.1, 0.15) is 0 Å². The van der Waals surface area contributed by atoms with E-state index in [-0.39, 0.29) is 28.7 Å². The largest absolute Gasteiger partial charge is 0.413 e. The van der Waals surface area contributed by atoms with Gasteiger partial charge in [0.25, 0.3) is 0 Å². The molecule has 2 atom stereocenters. The monoisotopic (exact) mass is 400 g/mol. The van der Waals surface area contributed by atoms with Crippen LogP contribution < -0.4 is 0 Å². The van der Waals surface area contributed by atoms with Gasteiger partial charge in [0.15, 0.2) is 16.6 Å². The van der Waals surface area contributed by atoms with Crippen LogP contribution >= 0.6 is 0 Å². The Kier molecular flexibility index (Phi) is 9.75. The molecular formula is C21H44O3Si2. The molecule has 0 heterocycles. The molecule has 0 aromatic rings. The zero-order valence-corrected chi connectivity index (χ0v) is 21.1. The van der Waals surface area contributed by atoms with E-state index < -0.39 is 16.6 Å². The number of hydrogen-bond acceptors (Lipinski definition) is 3. The van der Waals surface area contributed by atoms with Crippen molar-refractivity contribution in [2.45, 2.75) is 90.8 Å². The summed E-state index contributed by atoms with van der Waals surface area (Å²) in [6.45, 7) is 25.5. The lowest BCUT2D eigenvalue weighted by Gasteiger charge is -2.39. The predicted molar refractivity (Wildman–Crippen MR) is 120 cm³/mol. The fraction of sp³-hybridized carbons (Fsp3) is 0.810. The normalized spacial score (nSPS) is 17.2. The molecule has 3 nitrogen and oxygen atoms in total. The lowest BCUT2D eigenvalue weighted by molar-refractivity contribution is 0.188. The zero-order chi connectivity index (χ0) is 20.8. The van der Waals surface area contributed by atoms with E-state index in [1.54, 1.807) is 6.08 Å². The summed E-state index contributed by atoms with van der Waals surface area (Å²) in [5.41, 5.74) is 0. The Labute approximate surface area is 165 Å². The lowest BCUT2D eigenvalue weighted by Crippen LogP contribution is -2.44. The van der Waals surface area contributed by atoms with Crippen molar-refractivity contribution in [2.24, 2.45) is 5.92 Å². The van der Waals surface area contributed by atoms with Crippen LogP contribution in [0.3, 0.4) is 0 Å². The molecule has 0 saturated heterocycles. The van der Waals surface area contributed by atoms with Crippen LogP contribution in [0.1, 0.15) is 48.5 Å². The summed E-state index contributed by atoms with van der Waals surface area (Å²) in [5, 5.41) is 9.56. The van der Waals surface area contributed by atoms with Crippen LogP contribution in [-0.2, 0) is 8.85 Å². The summed E-state index contributed by atoms with van der Waals surface area (Å²) in [5.74, 6) is 0.231. The number of rotatable bonds is 9. The highest BCUT2D eigenvalue weighted by molar-refractivity contribution is 6.74. The van der Waals surface area contributed by atoms with Crippen molar-refractivity contribution in [3.8, 4) is 0 Å². The molecule has 0 amide bonds. The minimum atomic E-state index is -1.87. The molecule has 0 unspecified atom stereocenters. The molecule has 0 radical (unpaired) electrons. The van der Waals surface area contributed by atoms with Crippen LogP contribution in [0.5, 0.6) is 0 Å². The van der Waals surface area contributed by atoms with Crippen LogP contribution in [0.25, 0.3) is 0 Å². The molecule has 0 aliphatic heterocycles. The number of aliphatic hydroxyl groups excluding tert-OH is 1. The van der Waals surface area contributed by atoms with Crippen LogP contribution in [0.2, 0.25) is 36.3 Å². The fourth-order valence-electron chi connectivity index (χ4n) is 1.89. The maximum Gasteiger partial charge on any atom is 0.192 e. The van der Waals surface area contributed by atoms with Gasteiger partial charge in [0.2, 0.25) is 0 Å². The molecule has 5 heteroatoms. The highest BCUT2D eigenvalue weighted by Crippen LogP contribution is 2.38. The molecule has 0 fully saturated rings. The second-order valence-corrected chi connectivity index (χ2v) is 19.9. The van der Waals surface area contributed by atoms with Crippen LogP contribution in [0, 0.1) is 5.92 Å². The second-order valence-electron chi connectivity index (χ2n) is 10.3. The summed E-state index contributed by atoms with van der Waals surface area (Å²) >= 11 is 0. The zero-order valence-electron chi connectivity index (χ0n) is 19.1. The Morgan fingerprint density at radius 1 is 0.846 bits per heavy atom. The first-order chi connectivity index (χ1) is 11.5. The maximum atomic E-state index is 9.17. The summed E-state index contributed by atoms with van der Waals surface area (Å²) in [4.78, 5) is 0. The maximum absolute atomic E-state index is 9.17.